The minimum absolute atomic E-state index is 0.130. The summed E-state index contributed by atoms with van der Waals surface area (Å²) in [6.45, 7) is 1.23. The van der Waals surface area contributed by atoms with Crippen LogP contribution in [0.25, 0.3) is 0 Å². The summed E-state index contributed by atoms with van der Waals surface area (Å²) in [4.78, 5) is 14.0. The Morgan fingerprint density at radius 1 is 1.42 bits per heavy atom. The van der Waals surface area contributed by atoms with Gasteiger partial charge in [0, 0.05) is 6.54 Å². The second-order valence-electron chi connectivity index (χ2n) is 5.52. The van der Waals surface area contributed by atoms with E-state index < -0.39 is 0 Å². The fraction of sp³-hybridized carbons (Fsp3) is 0.294. The molecule has 1 atom stereocenters. The minimum atomic E-state index is -0.159. The maximum Gasteiger partial charge on any atom is 0.239 e. The average Bonchev–Trinajstić information content (AvgIpc) is 3.01. The first-order chi connectivity index (χ1) is 11.7. The number of carbonyl (C=O) groups is 1. The molecule has 24 heavy (non-hydrogen) atoms. The van der Waals surface area contributed by atoms with E-state index in [1.807, 2.05) is 36.2 Å². The molecule has 124 valence electrons. The molecule has 0 radical (unpaired) electrons. The van der Waals surface area contributed by atoms with Gasteiger partial charge in [0.25, 0.3) is 0 Å². The molecule has 1 aromatic heterocycles. The molecule has 0 spiro atoms. The van der Waals surface area contributed by atoms with Crippen molar-refractivity contribution >= 4 is 22.2 Å². The first kappa shape index (κ1) is 16.3. The Balaban J connectivity index is 1.50. The zero-order chi connectivity index (χ0) is 16.9. The van der Waals surface area contributed by atoms with Crippen molar-refractivity contribution in [2.45, 2.75) is 6.10 Å². The molecule has 0 bridgehead atoms. The van der Waals surface area contributed by atoms with Crippen LogP contribution < -0.4 is 14.8 Å². The van der Waals surface area contributed by atoms with Gasteiger partial charge in [-0.3, -0.25) is 9.69 Å². The quantitative estimate of drug-likeness (QED) is 0.902. The molecule has 0 aliphatic carbocycles. The van der Waals surface area contributed by atoms with E-state index >= 15 is 0 Å². The summed E-state index contributed by atoms with van der Waals surface area (Å²) in [5, 5.41) is 14.1. The summed E-state index contributed by atoms with van der Waals surface area (Å²) in [6, 6.07) is 11.3. The van der Waals surface area contributed by atoms with Gasteiger partial charge in [-0.15, -0.1) is 11.3 Å². The molecule has 6 nitrogen and oxygen atoms in total. The van der Waals surface area contributed by atoms with Crippen molar-refractivity contribution in [3.63, 3.8) is 0 Å². The Morgan fingerprint density at radius 3 is 3.00 bits per heavy atom. The fourth-order valence-electron chi connectivity index (χ4n) is 2.47. The van der Waals surface area contributed by atoms with Crippen LogP contribution in [-0.2, 0) is 4.79 Å². The number of nitrogens with zero attached hydrogens (tertiary/aromatic N) is 2. The number of amides is 1. The minimum Gasteiger partial charge on any atom is -0.486 e. The number of ether oxygens (including phenoxy) is 2. The van der Waals surface area contributed by atoms with Gasteiger partial charge in [-0.05, 0) is 30.6 Å². The Bertz CT molecular complexity index is 768. The van der Waals surface area contributed by atoms with Crippen LogP contribution in [0.1, 0.15) is 5.56 Å². The molecule has 1 N–H and O–H groups in total. The lowest BCUT2D eigenvalue weighted by Gasteiger charge is -2.29. The molecule has 0 saturated carbocycles. The van der Waals surface area contributed by atoms with Crippen molar-refractivity contribution in [1.82, 2.24) is 4.90 Å². The van der Waals surface area contributed by atoms with Gasteiger partial charge in [-0.1, -0.05) is 12.1 Å². The Hall–Kier alpha value is -2.56. The van der Waals surface area contributed by atoms with Crippen molar-refractivity contribution in [3.05, 3.63) is 41.3 Å². The highest BCUT2D eigenvalue weighted by molar-refractivity contribution is 7.14. The topological polar surface area (TPSA) is 74.6 Å². The molecule has 3 rings (SSSR count). The Labute approximate surface area is 144 Å². The van der Waals surface area contributed by atoms with Gasteiger partial charge < -0.3 is 14.8 Å². The van der Waals surface area contributed by atoms with Crippen molar-refractivity contribution in [2.24, 2.45) is 0 Å². The second kappa shape index (κ2) is 7.34. The lowest BCUT2D eigenvalue weighted by atomic mass is 10.2. The number of hydrogen-bond acceptors (Lipinski definition) is 6. The predicted octanol–water partition coefficient (Wildman–Crippen LogP) is 2.33. The monoisotopic (exact) mass is 343 g/mol. The number of hydrogen-bond donors (Lipinski definition) is 1. The SMILES string of the molecule is CN(CC(=O)Nc1sccc1C#N)CC1COc2ccccc2O1. The Morgan fingerprint density at radius 2 is 2.21 bits per heavy atom. The van der Waals surface area contributed by atoms with Crippen LogP contribution in [-0.4, -0.2) is 43.7 Å². The van der Waals surface area contributed by atoms with E-state index in [0.717, 1.165) is 11.5 Å². The Kier molecular flexibility index (Phi) is 4.99. The summed E-state index contributed by atoms with van der Waals surface area (Å²) in [7, 11) is 1.85. The lowest BCUT2D eigenvalue weighted by Crippen LogP contribution is -2.42. The predicted molar refractivity (Wildman–Crippen MR) is 91.5 cm³/mol. The highest BCUT2D eigenvalue weighted by Gasteiger charge is 2.22. The van der Waals surface area contributed by atoms with Crippen molar-refractivity contribution in [3.8, 4) is 17.6 Å². The zero-order valence-electron chi connectivity index (χ0n) is 13.2. The number of nitrogens with one attached hydrogen (secondary N) is 1. The molecule has 1 aliphatic heterocycles. The van der Waals surface area contributed by atoms with Crippen LogP contribution in [0.2, 0.25) is 0 Å². The number of para-hydroxylation sites is 2. The van der Waals surface area contributed by atoms with Crippen LogP contribution in [0.3, 0.4) is 0 Å². The summed E-state index contributed by atoms with van der Waals surface area (Å²) >= 11 is 1.34. The highest BCUT2D eigenvalue weighted by atomic mass is 32.1. The fourth-order valence-corrected chi connectivity index (χ4v) is 3.22. The number of nitriles is 1. The summed E-state index contributed by atoms with van der Waals surface area (Å²) < 4.78 is 11.6. The average molecular weight is 343 g/mol. The van der Waals surface area contributed by atoms with Crippen LogP contribution in [0, 0.1) is 11.3 Å². The third-order valence-corrected chi connectivity index (χ3v) is 4.36. The van der Waals surface area contributed by atoms with Crippen LogP contribution in [0.5, 0.6) is 11.5 Å². The maximum absolute atomic E-state index is 12.1. The molecule has 1 aliphatic rings. The summed E-state index contributed by atoms with van der Waals surface area (Å²) in [5.41, 5.74) is 0.483. The van der Waals surface area contributed by atoms with Crippen molar-refractivity contribution < 1.29 is 14.3 Å². The molecule has 2 heterocycles. The number of fused-ring (bicyclic) bond motifs is 1. The largest absolute Gasteiger partial charge is 0.486 e. The first-order valence-corrected chi connectivity index (χ1v) is 8.38. The van der Waals surface area contributed by atoms with Crippen LogP contribution in [0.4, 0.5) is 5.00 Å². The number of rotatable bonds is 5. The number of likely N-dealkylation sites (N-methyl/N-ethyl adjacent to an activating group) is 1. The van der Waals surface area contributed by atoms with Gasteiger partial charge in [0.15, 0.2) is 11.5 Å². The van der Waals surface area contributed by atoms with Gasteiger partial charge in [0.2, 0.25) is 5.91 Å². The second-order valence-corrected chi connectivity index (χ2v) is 6.43. The van der Waals surface area contributed by atoms with E-state index in [4.69, 9.17) is 14.7 Å². The maximum atomic E-state index is 12.1. The van der Waals surface area contributed by atoms with E-state index in [1.54, 1.807) is 11.4 Å². The first-order valence-electron chi connectivity index (χ1n) is 7.50. The molecule has 1 amide bonds. The summed E-state index contributed by atoms with van der Waals surface area (Å²) in [5.74, 6) is 1.31. The van der Waals surface area contributed by atoms with E-state index in [0.29, 0.717) is 23.7 Å². The van der Waals surface area contributed by atoms with Gasteiger partial charge in [-0.25, -0.2) is 0 Å². The van der Waals surface area contributed by atoms with Gasteiger partial charge in [0.1, 0.15) is 23.8 Å². The van der Waals surface area contributed by atoms with E-state index in [9.17, 15) is 4.79 Å². The molecule has 2 aromatic rings. The molecule has 1 unspecified atom stereocenters. The molecule has 1 aromatic carbocycles. The number of carbonyl (C=O) groups excluding carboxylic acids is 1. The smallest absolute Gasteiger partial charge is 0.239 e. The molecule has 0 fully saturated rings. The van der Waals surface area contributed by atoms with E-state index in [1.165, 1.54) is 11.3 Å². The molecule has 7 heteroatoms. The van der Waals surface area contributed by atoms with Gasteiger partial charge >= 0.3 is 0 Å². The van der Waals surface area contributed by atoms with Crippen molar-refractivity contribution in [2.75, 3.05) is 32.1 Å². The standard InChI is InChI=1S/C17H17N3O3S/c1-20(10-16(21)19-17-12(8-18)6-7-24-17)9-13-11-22-14-4-2-3-5-15(14)23-13/h2-7,13H,9-11H2,1H3,(H,19,21). The molecular weight excluding hydrogens is 326 g/mol. The van der Waals surface area contributed by atoms with Crippen LogP contribution in [0.15, 0.2) is 35.7 Å². The summed E-state index contributed by atoms with van der Waals surface area (Å²) in [6.07, 6.45) is -0.130. The number of benzene rings is 1. The highest BCUT2D eigenvalue weighted by Crippen LogP contribution is 2.30. The molecule has 0 saturated heterocycles. The number of thiophene rings is 1. The van der Waals surface area contributed by atoms with E-state index in [2.05, 4.69) is 11.4 Å². The third kappa shape index (κ3) is 3.85. The molecular formula is C17H17N3O3S. The lowest BCUT2D eigenvalue weighted by molar-refractivity contribution is -0.117. The normalized spacial score (nSPS) is 15.8. The van der Waals surface area contributed by atoms with Crippen molar-refractivity contribution in [1.29, 1.82) is 5.26 Å². The van der Waals surface area contributed by atoms with Gasteiger partial charge in [0.05, 0.1) is 12.1 Å². The zero-order valence-corrected chi connectivity index (χ0v) is 14.0. The van der Waals surface area contributed by atoms with E-state index in [-0.39, 0.29) is 18.6 Å². The van der Waals surface area contributed by atoms with Gasteiger partial charge in [-0.2, -0.15) is 5.26 Å². The van der Waals surface area contributed by atoms with Crippen LogP contribution >= 0.6 is 11.3 Å². The third-order valence-electron chi connectivity index (χ3n) is 3.53. The number of anilines is 1.